The molecular formula is C30H33ClN4O2. The first-order valence-corrected chi connectivity index (χ1v) is 12.8. The molecule has 1 N–H and O–H groups in total. The molecule has 0 saturated heterocycles. The topological polar surface area (TPSA) is 74.1 Å². The van der Waals surface area contributed by atoms with E-state index in [-0.39, 0.29) is 11.8 Å². The van der Waals surface area contributed by atoms with Crippen molar-refractivity contribution in [2.24, 2.45) is 9.98 Å². The second kappa shape index (κ2) is 13.0. The number of carbonyl (C=O) groups excluding carboxylic acids is 2. The molecule has 0 fully saturated rings. The van der Waals surface area contributed by atoms with E-state index in [4.69, 9.17) is 11.6 Å². The van der Waals surface area contributed by atoms with Gasteiger partial charge in [-0.05, 0) is 69.7 Å². The van der Waals surface area contributed by atoms with Crippen LogP contribution in [0.25, 0.3) is 0 Å². The number of nitrogens with one attached hydrogen (secondary N) is 1. The lowest BCUT2D eigenvalue weighted by molar-refractivity contribution is -0.127. The van der Waals surface area contributed by atoms with Crippen molar-refractivity contribution < 1.29 is 9.59 Å². The molecule has 192 valence electrons. The summed E-state index contributed by atoms with van der Waals surface area (Å²) in [5.74, 6) is -0.484. The van der Waals surface area contributed by atoms with Crippen molar-refractivity contribution >= 4 is 40.8 Å². The number of hydrogen-bond donors (Lipinski definition) is 1. The number of rotatable bonds is 9. The smallest absolute Gasteiger partial charge is 0.254 e. The first kappa shape index (κ1) is 27.9. The molecule has 0 aliphatic rings. The third-order valence-corrected chi connectivity index (χ3v) is 5.75. The molecule has 3 rings (SSSR count). The number of para-hydroxylation sites is 1. The van der Waals surface area contributed by atoms with Crippen LogP contribution < -0.4 is 5.32 Å². The summed E-state index contributed by atoms with van der Waals surface area (Å²) < 4.78 is 0. The average Bonchev–Trinajstić information content (AvgIpc) is 2.87. The van der Waals surface area contributed by atoms with Crippen molar-refractivity contribution in [3.8, 4) is 0 Å². The van der Waals surface area contributed by atoms with E-state index in [1.165, 1.54) is 0 Å². The number of halogens is 1. The predicted octanol–water partition coefficient (Wildman–Crippen LogP) is 7.38. The summed E-state index contributed by atoms with van der Waals surface area (Å²) in [4.78, 5) is 37.9. The fourth-order valence-electron chi connectivity index (χ4n) is 3.78. The summed E-state index contributed by atoms with van der Waals surface area (Å²) in [6.45, 7) is 8.23. The third-order valence-electron chi connectivity index (χ3n) is 5.50. The molecule has 3 aromatic carbocycles. The highest BCUT2D eigenvalue weighted by Crippen LogP contribution is 2.32. The minimum Gasteiger partial charge on any atom is -0.349 e. The number of benzene rings is 3. The highest BCUT2D eigenvalue weighted by atomic mass is 35.5. The molecule has 0 aromatic heterocycles. The monoisotopic (exact) mass is 516 g/mol. The summed E-state index contributed by atoms with van der Waals surface area (Å²) in [5.41, 5.74) is 1.80. The molecule has 37 heavy (non-hydrogen) atoms. The summed E-state index contributed by atoms with van der Waals surface area (Å²) in [5, 5.41) is 3.68. The molecule has 0 radical (unpaired) electrons. The van der Waals surface area contributed by atoms with Crippen LogP contribution in [-0.2, 0) is 4.79 Å². The van der Waals surface area contributed by atoms with E-state index < -0.39 is 11.6 Å². The first-order valence-electron chi connectivity index (χ1n) is 12.4. The number of amides is 2. The fraction of sp³-hybridized carbons (Fsp3) is 0.300. The molecule has 6 nitrogen and oxygen atoms in total. The van der Waals surface area contributed by atoms with Crippen LogP contribution in [0.3, 0.4) is 0 Å². The number of hydrogen-bond acceptors (Lipinski definition) is 4. The Morgan fingerprint density at radius 1 is 0.946 bits per heavy atom. The Kier molecular flexibility index (Phi) is 9.78. The van der Waals surface area contributed by atoms with Gasteiger partial charge in [0.25, 0.3) is 5.91 Å². The molecule has 0 heterocycles. The molecule has 0 bridgehead atoms. The van der Waals surface area contributed by atoms with Gasteiger partial charge in [0.1, 0.15) is 12.1 Å². The van der Waals surface area contributed by atoms with Crippen LogP contribution in [0.4, 0.5) is 11.4 Å². The molecular weight excluding hydrogens is 484 g/mol. The first-order chi connectivity index (χ1) is 17.7. The molecule has 2 amide bonds. The minimum absolute atomic E-state index is 0.211. The zero-order valence-corrected chi connectivity index (χ0v) is 22.5. The Hall–Kier alpha value is -3.73. The second-order valence-electron chi connectivity index (χ2n) is 9.72. The van der Waals surface area contributed by atoms with Gasteiger partial charge in [0.2, 0.25) is 5.91 Å². The van der Waals surface area contributed by atoms with E-state index in [1.807, 2.05) is 57.2 Å². The highest BCUT2D eigenvalue weighted by Gasteiger charge is 2.34. The van der Waals surface area contributed by atoms with Crippen molar-refractivity contribution in [3.05, 3.63) is 95.0 Å². The normalized spacial score (nSPS) is 11.7. The van der Waals surface area contributed by atoms with Gasteiger partial charge in [-0.15, -0.1) is 0 Å². The zero-order valence-electron chi connectivity index (χ0n) is 21.7. The van der Waals surface area contributed by atoms with Gasteiger partial charge >= 0.3 is 0 Å². The SMILES string of the molecule is CCCCN(C(=O)c1ccccc1)C(C(=O)NC(C)(C)C)c1ccccc1N=C=Nc1ccc(Cl)cc1. The Morgan fingerprint density at radius 2 is 1.59 bits per heavy atom. The van der Waals surface area contributed by atoms with Crippen LogP contribution in [0.1, 0.15) is 62.5 Å². The molecule has 0 aliphatic carbocycles. The summed E-state index contributed by atoms with van der Waals surface area (Å²) in [7, 11) is 0. The molecule has 1 unspecified atom stereocenters. The molecule has 1 atom stereocenters. The van der Waals surface area contributed by atoms with Crippen LogP contribution in [0, 0.1) is 0 Å². The van der Waals surface area contributed by atoms with Gasteiger partial charge in [0.05, 0.1) is 11.4 Å². The lowest BCUT2D eigenvalue weighted by atomic mass is 9.98. The predicted molar refractivity (Wildman–Crippen MR) is 150 cm³/mol. The van der Waals surface area contributed by atoms with Gasteiger partial charge in [0.15, 0.2) is 0 Å². The van der Waals surface area contributed by atoms with E-state index in [9.17, 15) is 9.59 Å². The maximum absolute atomic E-state index is 13.8. The van der Waals surface area contributed by atoms with Gasteiger partial charge < -0.3 is 10.2 Å². The van der Waals surface area contributed by atoms with Crippen molar-refractivity contribution in [3.63, 3.8) is 0 Å². The second-order valence-corrected chi connectivity index (χ2v) is 10.2. The summed E-state index contributed by atoms with van der Waals surface area (Å²) >= 11 is 5.95. The molecule has 7 heteroatoms. The summed E-state index contributed by atoms with van der Waals surface area (Å²) in [6, 6.07) is 25.2. The van der Waals surface area contributed by atoms with E-state index in [0.717, 1.165) is 12.8 Å². The Morgan fingerprint density at radius 3 is 2.24 bits per heavy atom. The maximum atomic E-state index is 13.8. The van der Waals surface area contributed by atoms with Crippen molar-refractivity contribution in [1.29, 1.82) is 0 Å². The van der Waals surface area contributed by atoms with Crippen molar-refractivity contribution in [2.45, 2.75) is 52.1 Å². The van der Waals surface area contributed by atoms with Crippen LogP contribution in [0.15, 0.2) is 88.8 Å². The Bertz CT molecular complexity index is 1260. The molecule has 0 saturated carbocycles. The van der Waals surface area contributed by atoms with E-state index in [1.54, 1.807) is 47.4 Å². The Labute approximate surface area is 224 Å². The highest BCUT2D eigenvalue weighted by molar-refractivity contribution is 6.30. The molecule has 0 aliphatic heterocycles. The molecule has 3 aromatic rings. The lowest BCUT2D eigenvalue weighted by Crippen LogP contribution is -2.49. The van der Waals surface area contributed by atoms with Crippen molar-refractivity contribution in [1.82, 2.24) is 10.2 Å². The van der Waals surface area contributed by atoms with Crippen LogP contribution in [0.2, 0.25) is 5.02 Å². The average molecular weight is 517 g/mol. The van der Waals surface area contributed by atoms with Gasteiger partial charge in [-0.1, -0.05) is 61.3 Å². The van der Waals surface area contributed by atoms with E-state index in [0.29, 0.717) is 34.1 Å². The lowest BCUT2D eigenvalue weighted by Gasteiger charge is -2.34. The van der Waals surface area contributed by atoms with Crippen molar-refractivity contribution in [2.75, 3.05) is 6.54 Å². The number of aliphatic imine (C=N–C) groups is 2. The number of carbonyl (C=O) groups is 2. The zero-order chi connectivity index (χ0) is 26.8. The van der Waals surface area contributed by atoms with Gasteiger partial charge in [-0.2, -0.15) is 9.98 Å². The molecule has 0 spiro atoms. The summed E-state index contributed by atoms with van der Waals surface area (Å²) in [6.07, 6.45) is 1.63. The number of nitrogens with zero attached hydrogens (tertiary/aromatic N) is 3. The quantitative estimate of drug-likeness (QED) is 0.301. The van der Waals surface area contributed by atoms with Crippen LogP contribution in [0.5, 0.6) is 0 Å². The fourth-order valence-corrected chi connectivity index (χ4v) is 3.91. The maximum Gasteiger partial charge on any atom is 0.254 e. The van der Waals surface area contributed by atoms with Gasteiger partial charge in [0, 0.05) is 28.2 Å². The van der Waals surface area contributed by atoms with E-state index >= 15 is 0 Å². The van der Waals surface area contributed by atoms with E-state index in [2.05, 4.69) is 28.2 Å². The van der Waals surface area contributed by atoms with Gasteiger partial charge in [-0.25, -0.2) is 0 Å². The largest absolute Gasteiger partial charge is 0.349 e. The van der Waals surface area contributed by atoms with Gasteiger partial charge in [-0.3, -0.25) is 9.59 Å². The standard InChI is InChI=1S/C30H33ClN4O2/c1-5-6-20-35(29(37)22-12-8-7-9-13-22)27(28(36)34-30(2,3)4)25-14-10-11-15-26(25)33-21-32-24-18-16-23(31)17-19-24/h7-19,27H,5-6,20H2,1-4H3,(H,34,36). The minimum atomic E-state index is -0.893. The number of unbranched alkanes of at least 4 members (excludes halogenated alkanes) is 1. The Balaban J connectivity index is 2.10. The van der Waals surface area contributed by atoms with Crippen LogP contribution in [-0.4, -0.2) is 34.8 Å². The third kappa shape index (κ3) is 8.14. The van der Waals surface area contributed by atoms with Crippen LogP contribution >= 0.6 is 11.6 Å².